The highest BCUT2D eigenvalue weighted by atomic mass is 16.2. The Morgan fingerprint density at radius 2 is 2.15 bits per heavy atom. The fraction of sp³-hybridized carbons (Fsp3) is 0.562. The first kappa shape index (κ1) is 13.6. The average Bonchev–Trinajstić information content (AvgIpc) is 2.45. The summed E-state index contributed by atoms with van der Waals surface area (Å²) in [6.45, 7) is 5.84. The molecule has 0 aliphatic carbocycles. The molecule has 0 radical (unpaired) electrons. The fourth-order valence-electron chi connectivity index (χ4n) is 3.45. The molecule has 3 rings (SSSR count). The van der Waals surface area contributed by atoms with Crippen molar-refractivity contribution in [1.82, 2.24) is 15.5 Å². The molecule has 2 aliphatic heterocycles. The van der Waals surface area contributed by atoms with Crippen LogP contribution in [0.4, 0.5) is 0 Å². The van der Waals surface area contributed by atoms with Gasteiger partial charge in [0.25, 0.3) is 0 Å². The molecule has 1 amide bonds. The van der Waals surface area contributed by atoms with Crippen LogP contribution in [0.5, 0.6) is 0 Å². The minimum atomic E-state index is -0.0829. The molecule has 2 fully saturated rings. The monoisotopic (exact) mass is 273 g/mol. The second kappa shape index (κ2) is 5.54. The van der Waals surface area contributed by atoms with Crippen LogP contribution in [0.2, 0.25) is 0 Å². The number of piperidine rings is 1. The van der Waals surface area contributed by atoms with Gasteiger partial charge in [0.1, 0.15) is 0 Å². The number of rotatable bonds is 2. The van der Waals surface area contributed by atoms with E-state index in [1.54, 1.807) is 0 Å². The van der Waals surface area contributed by atoms with Gasteiger partial charge in [-0.25, -0.2) is 0 Å². The normalized spacial score (nSPS) is 31.2. The van der Waals surface area contributed by atoms with Gasteiger partial charge in [0, 0.05) is 25.2 Å². The van der Waals surface area contributed by atoms with Crippen LogP contribution in [0, 0.1) is 0 Å². The van der Waals surface area contributed by atoms with Gasteiger partial charge in [-0.1, -0.05) is 30.3 Å². The molecule has 0 saturated carbocycles. The minimum absolute atomic E-state index is 0.0559. The number of hydrogen-bond donors (Lipinski definition) is 2. The summed E-state index contributed by atoms with van der Waals surface area (Å²) in [6, 6.07) is 10.5. The maximum Gasteiger partial charge on any atom is 0.236 e. The molecule has 0 aromatic heterocycles. The smallest absolute Gasteiger partial charge is 0.236 e. The lowest BCUT2D eigenvalue weighted by molar-refractivity contribution is -0.126. The van der Waals surface area contributed by atoms with Crippen molar-refractivity contribution in [2.24, 2.45) is 0 Å². The molecule has 2 saturated heterocycles. The number of hydrogen-bond acceptors (Lipinski definition) is 3. The SMILES string of the molecule is CC1NC2(CCCN(Cc3ccccc3)C2)CNC1=O. The van der Waals surface area contributed by atoms with E-state index in [-0.39, 0.29) is 17.5 Å². The summed E-state index contributed by atoms with van der Waals surface area (Å²) in [5.74, 6) is 0.121. The van der Waals surface area contributed by atoms with Crippen LogP contribution in [0.25, 0.3) is 0 Å². The lowest BCUT2D eigenvalue weighted by Crippen LogP contribution is -2.70. The lowest BCUT2D eigenvalue weighted by atomic mass is 9.86. The van der Waals surface area contributed by atoms with Gasteiger partial charge in [-0.2, -0.15) is 0 Å². The summed E-state index contributed by atoms with van der Waals surface area (Å²) >= 11 is 0. The highest BCUT2D eigenvalue weighted by Gasteiger charge is 2.40. The number of nitrogens with one attached hydrogen (secondary N) is 2. The van der Waals surface area contributed by atoms with Gasteiger partial charge in [0.15, 0.2) is 0 Å². The van der Waals surface area contributed by atoms with Crippen molar-refractivity contribution >= 4 is 5.91 Å². The largest absolute Gasteiger partial charge is 0.353 e. The first-order valence-electron chi connectivity index (χ1n) is 7.49. The molecule has 4 nitrogen and oxygen atoms in total. The van der Waals surface area contributed by atoms with E-state index < -0.39 is 0 Å². The van der Waals surface area contributed by atoms with Gasteiger partial charge in [-0.05, 0) is 31.9 Å². The van der Waals surface area contributed by atoms with Crippen LogP contribution < -0.4 is 10.6 Å². The van der Waals surface area contributed by atoms with E-state index in [4.69, 9.17) is 0 Å². The Bertz CT molecular complexity index is 476. The quantitative estimate of drug-likeness (QED) is 0.849. The Kier molecular flexibility index (Phi) is 3.76. The van der Waals surface area contributed by atoms with Crippen molar-refractivity contribution in [3.05, 3.63) is 35.9 Å². The molecule has 108 valence electrons. The first-order valence-corrected chi connectivity index (χ1v) is 7.49. The topological polar surface area (TPSA) is 44.4 Å². The zero-order chi connectivity index (χ0) is 14.0. The highest BCUT2D eigenvalue weighted by molar-refractivity contribution is 5.82. The van der Waals surface area contributed by atoms with Crippen molar-refractivity contribution < 1.29 is 4.79 Å². The molecule has 2 N–H and O–H groups in total. The molecule has 0 bridgehead atoms. The standard InChI is InChI=1S/C16H23N3O/c1-13-15(20)17-11-16(18-13)8-5-9-19(12-16)10-14-6-3-2-4-7-14/h2-4,6-7,13,18H,5,8-12H2,1H3,(H,17,20). The summed E-state index contributed by atoms with van der Waals surface area (Å²) in [6.07, 6.45) is 2.32. The van der Waals surface area contributed by atoms with Crippen molar-refractivity contribution in [2.45, 2.75) is 37.9 Å². The Hall–Kier alpha value is -1.39. The summed E-state index contributed by atoms with van der Waals surface area (Å²) in [7, 11) is 0. The number of amides is 1. The number of carbonyl (C=O) groups excluding carboxylic acids is 1. The molecule has 2 atom stereocenters. The third-order valence-electron chi connectivity index (χ3n) is 4.42. The van der Waals surface area contributed by atoms with Crippen molar-refractivity contribution in [3.63, 3.8) is 0 Å². The zero-order valence-electron chi connectivity index (χ0n) is 12.1. The molecular weight excluding hydrogens is 250 g/mol. The average molecular weight is 273 g/mol. The predicted molar refractivity (Wildman–Crippen MR) is 79.3 cm³/mol. The van der Waals surface area contributed by atoms with E-state index >= 15 is 0 Å². The Balaban J connectivity index is 1.66. The van der Waals surface area contributed by atoms with Crippen LogP contribution in [0.1, 0.15) is 25.3 Å². The van der Waals surface area contributed by atoms with Crippen molar-refractivity contribution in [3.8, 4) is 0 Å². The molecule has 1 spiro atoms. The van der Waals surface area contributed by atoms with E-state index in [0.29, 0.717) is 0 Å². The summed E-state index contributed by atoms with van der Waals surface area (Å²) in [5, 5.41) is 6.59. The van der Waals surface area contributed by atoms with Crippen molar-refractivity contribution in [1.29, 1.82) is 0 Å². The van der Waals surface area contributed by atoms with E-state index in [2.05, 4.69) is 45.9 Å². The van der Waals surface area contributed by atoms with Gasteiger partial charge in [0.2, 0.25) is 5.91 Å². The van der Waals surface area contributed by atoms with Crippen LogP contribution >= 0.6 is 0 Å². The van der Waals surface area contributed by atoms with E-state index in [1.807, 2.05) is 6.92 Å². The molecule has 1 aromatic carbocycles. The Morgan fingerprint density at radius 1 is 1.35 bits per heavy atom. The van der Waals surface area contributed by atoms with E-state index in [9.17, 15) is 4.79 Å². The molecule has 2 heterocycles. The molecule has 2 unspecified atom stereocenters. The Morgan fingerprint density at radius 3 is 2.90 bits per heavy atom. The van der Waals surface area contributed by atoms with Crippen LogP contribution in [0.3, 0.4) is 0 Å². The Labute approximate surface area is 120 Å². The first-order chi connectivity index (χ1) is 9.67. The summed E-state index contributed by atoms with van der Waals surface area (Å²) < 4.78 is 0. The van der Waals surface area contributed by atoms with Gasteiger partial charge in [-0.3, -0.25) is 15.0 Å². The van der Waals surface area contributed by atoms with Crippen LogP contribution in [0.15, 0.2) is 30.3 Å². The van der Waals surface area contributed by atoms with Crippen LogP contribution in [-0.4, -0.2) is 42.0 Å². The van der Waals surface area contributed by atoms with Gasteiger partial charge in [-0.15, -0.1) is 0 Å². The lowest BCUT2D eigenvalue weighted by Gasteiger charge is -2.47. The molecule has 1 aromatic rings. The zero-order valence-corrected chi connectivity index (χ0v) is 12.1. The number of nitrogens with zero attached hydrogens (tertiary/aromatic N) is 1. The molecule has 2 aliphatic rings. The second-order valence-corrected chi connectivity index (χ2v) is 6.16. The maximum atomic E-state index is 11.6. The maximum absolute atomic E-state index is 11.6. The molecule has 20 heavy (non-hydrogen) atoms. The molecule has 4 heteroatoms. The number of carbonyl (C=O) groups is 1. The highest BCUT2D eigenvalue weighted by Crippen LogP contribution is 2.24. The van der Waals surface area contributed by atoms with Gasteiger partial charge >= 0.3 is 0 Å². The summed E-state index contributed by atoms with van der Waals surface area (Å²) in [4.78, 5) is 14.1. The second-order valence-electron chi connectivity index (χ2n) is 6.16. The van der Waals surface area contributed by atoms with Crippen molar-refractivity contribution in [2.75, 3.05) is 19.6 Å². The number of benzene rings is 1. The fourth-order valence-corrected chi connectivity index (χ4v) is 3.45. The minimum Gasteiger partial charge on any atom is -0.353 e. The third-order valence-corrected chi connectivity index (χ3v) is 4.42. The van der Waals surface area contributed by atoms with Gasteiger partial charge < -0.3 is 5.32 Å². The van der Waals surface area contributed by atoms with Crippen LogP contribution in [-0.2, 0) is 11.3 Å². The van der Waals surface area contributed by atoms with E-state index in [1.165, 1.54) is 12.0 Å². The number of piperazine rings is 1. The van der Waals surface area contributed by atoms with E-state index in [0.717, 1.165) is 32.6 Å². The van der Waals surface area contributed by atoms with Gasteiger partial charge in [0.05, 0.1) is 6.04 Å². The molecular formula is C16H23N3O. The third kappa shape index (κ3) is 2.86. The predicted octanol–water partition coefficient (Wildman–Crippen LogP) is 1.13. The summed E-state index contributed by atoms with van der Waals surface area (Å²) in [5.41, 5.74) is 1.41. The number of likely N-dealkylation sites (tertiary alicyclic amines) is 1.